The average molecular weight is 312 g/mol. The quantitative estimate of drug-likeness (QED) is 0.918. The van der Waals surface area contributed by atoms with Crippen LogP contribution in [-0.4, -0.2) is 49.5 Å². The highest BCUT2D eigenvalue weighted by atomic mass is 32.2. The van der Waals surface area contributed by atoms with Gasteiger partial charge in [0.05, 0.1) is 0 Å². The number of hydrogen-bond donors (Lipinski definition) is 1. The maximum absolute atomic E-state index is 11.9. The number of sulfone groups is 1. The van der Waals surface area contributed by atoms with Gasteiger partial charge in [-0.1, -0.05) is 12.1 Å². The molecule has 2 aliphatic rings. The second-order valence-electron chi connectivity index (χ2n) is 5.50. The molecule has 2 aliphatic heterocycles. The van der Waals surface area contributed by atoms with Gasteiger partial charge >= 0.3 is 0 Å². The molecule has 0 saturated carbocycles. The van der Waals surface area contributed by atoms with Gasteiger partial charge in [0.25, 0.3) is 0 Å². The van der Waals surface area contributed by atoms with Crippen molar-refractivity contribution in [2.75, 3.05) is 36.2 Å². The largest absolute Gasteiger partial charge is 0.384 e. The molecule has 0 aromatic heterocycles. The number of hydrogen-bond acceptors (Lipinski definition) is 5. The Morgan fingerprint density at radius 1 is 1.45 bits per heavy atom. The van der Waals surface area contributed by atoms with E-state index in [0.29, 0.717) is 12.3 Å². The topological polar surface area (TPSA) is 49.4 Å². The third kappa shape index (κ3) is 2.97. The number of benzene rings is 1. The van der Waals surface area contributed by atoms with Gasteiger partial charge in [-0.15, -0.1) is 0 Å². The van der Waals surface area contributed by atoms with Gasteiger partial charge in [-0.2, -0.15) is 11.8 Å². The van der Waals surface area contributed by atoms with Crippen LogP contribution in [0.2, 0.25) is 0 Å². The predicted octanol–water partition coefficient (Wildman–Crippen LogP) is 1.57. The van der Waals surface area contributed by atoms with Crippen molar-refractivity contribution in [3.05, 3.63) is 29.3 Å². The van der Waals surface area contributed by atoms with Crippen LogP contribution in [0.25, 0.3) is 0 Å². The molecule has 0 amide bonds. The van der Waals surface area contributed by atoms with E-state index in [-0.39, 0.29) is 5.37 Å². The van der Waals surface area contributed by atoms with Crippen LogP contribution in [0.3, 0.4) is 0 Å². The normalized spacial score (nSPS) is 23.4. The highest BCUT2D eigenvalue weighted by Gasteiger charge is 2.30. The summed E-state index contributed by atoms with van der Waals surface area (Å²) in [5.41, 5.74) is 3.77. The van der Waals surface area contributed by atoms with Crippen LogP contribution in [0.4, 0.5) is 5.69 Å². The van der Waals surface area contributed by atoms with Crippen molar-refractivity contribution in [2.45, 2.75) is 18.3 Å². The zero-order valence-corrected chi connectivity index (χ0v) is 13.3. The van der Waals surface area contributed by atoms with Crippen LogP contribution < -0.4 is 5.32 Å². The van der Waals surface area contributed by atoms with E-state index in [1.807, 2.05) is 0 Å². The molecule has 2 heterocycles. The Bertz CT molecular complexity index is 601. The molecule has 0 aliphatic carbocycles. The third-order valence-corrected chi connectivity index (χ3v) is 6.64. The van der Waals surface area contributed by atoms with Crippen LogP contribution in [0.1, 0.15) is 11.1 Å². The highest BCUT2D eigenvalue weighted by Crippen LogP contribution is 2.26. The standard InChI is InChI=1S/C14H20N2O2S2/c1-20(17,18)14-10-19-7-6-16(14)9-11-2-3-12-4-5-15-13(12)8-11/h2-3,8,14-15H,4-7,9-10H2,1H3. The fraction of sp³-hybridized carbons (Fsp3) is 0.571. The first kappa shape index (κ1) is 14.2. The Kier molecular flexibility index (Phi) is 3.97. The van der Waals surface area contributed by atoms with Gasteiger partial charge in [0.1, 0.15) is 5.37 Å². The summed E-state index contributed by atoms with van der Waals surface area (Å²) in [6.45, 7) is 2.56. The average Bonchev–Trinajstić information content (AvgIpc) is 2.85. The molecular formula is C14H20N2O2S2. The second-order valence-corrected chi connectivity index (χ2v) is 8.85. The van der Waals surface area contributed by atoms with Gasteiger partial charge in [-0.25, -0.2) is 8.42 Å². The van der Waals surface area contributed by atoms with E-state index < -0.39 is 9.84 Å². The summed E-state index contributed by atoms with van der Waals surface area (Å²) < 4.78 is 23.8. The number of nitrogens with zero attached hydrogens (tertiary/aromatic N) is 1. The van der Waals surface area contributed by atoms with Crippen molar-refractivity contribution in [2.24, 2.45) is 0 Å². The van der Waals surface area contributed by atoms with Gasteiger partial charge in [0.2, 0.25) is 0 Å². The monoisotopic (exact) mass is 312 g/mol. The van der Waals surface area contributed by atoms with Gasteiger partial charge in [0, 0.05) is 43.1 Å². The lowest BCUT2D eigenvalue weighted by Crippen LogP contribution is -2.46. The molecule has 1 fully saturated rings. The van der Waals surface area contributed by atoms with E-state index in [1.54, 1.807) is 11.8 Å². The van der Waals surface area contributed by atoms with Crippen LogP contribution in [0.15, 0.2) is 18.2 Å². The van der Waals surface area contributed by atoms with Gasteiger partial charge in [0.15, 0.2) is 9.84 Å². The minimum atomic E-state index is -3.02. The van der Waals surface area contributed by atoms with E-state index >= 15 is 0 Å². The summed E-state index contributed by atoms with van der Waals surface area (Å²) in [5, 5.41) is 3.03. The van der Waals surface area contributed by atoms with Gasteiger partial charge < -0.3 is 5.32 Å². The fourth-order valence-electron chi connectivity index (χ4n) is 2.86. The lowest BCUT2D eigenvalue weighted by atomic mass is 10.1. The van der Waals surface area contributed by atoms with Crippen molar-refractivity contribution in [3.8, 4) is 0 Å². The van der Waals surface area contributed by atoms with Crippen molar-refractivity contribution in [1.29, 1.82) is 0 Å². The minimum absolute atomic E-state index is 0.345. The van der Waals surface area contributed by atoms with Crippen molar-refractivity contribution in [3.63, 3.8) is 0 Å². The minimum Gasteiger partial charge on any atom is -0.384 e. The van der Waals surface area contributed by atoms with Gasteiger partial charge in [-0.05, 0) is 23.6 Å². The molecule has 6 heteroatoms. The molecular weight excluding hydrogens is 292 g/mol. The van der Waals surface area contributed by atoms with Crippen LogP contribution >= 0.6 is 11.8 Å². The Balaban J connectivity index is 1.78. The number of rotatable bonds is 3. The fourth-order valence-corrected chi connectivity index (χ4v) is 5.80. The Labute approximate surface area is 124 Å². The first-order valence-electron chi connectivity index (χ1n) is 6.90. The summed E-state index contributed by atoms with van der Waals surface area (Å²) in [5.74, 6) is 1.69. The second kappa shape index (κ2) is 5.58. The van der Waals surface area contributed by atoms with E-state index in [0.717, 1.165) is 25.3 Å². The zero-order valence-electron chi connectivity index (χ0n) is 11.6. The molecule has 1 unspecified atom stereocenters. The molecule has 4 nitrogen and oxygen atoms in total. The molecule has 1 aromatic rings. The summed E-state index contributed by atoms with van der Waals surface area (Å²) >= 11 is 1.73. The Hall–Kier alpha value is -0.720. The number of fused-ring (bicyclic) bond motifs is 1. The summed E-state index contributed by atoms with van der Waals surface area (Å²) in [6, 6.07) is 6.47. The predicted molar refractivity (Wildman–Crippen MR) is 85.0 cm³/mol. The molecule has 1 N–H and O–H groups in total. The molecule has 3 rings (SSSR count). The van der Waals surface area contributed by atoms with E-state index in [9.17, 15) is 8.42 Å². The third-order valence-electron chi connectivity index (χ3n) is 3.95. The maximum atomic E-state index is 11.9. The molecule has 0 spiro atoms. The molecule has 110 valence electrons. The van der Waals surface area contributed by atoms with E-state index in [4.69, 9.17) is 0 Å². The lowest BCUT2D eigenvalue weighted by molar-refractivity contribution is 0.262. The maximum Gasteiger partial charge on any atom is 0.164 e. The highest BCUT2D eigenvalue weighted by molar-refractivity contribution is 8.00. The van der Waals surface area contributed by atoms with Crippen molar-refractivity contribution >= 4 is 27.3 Å². The first-order chi connectivity index (χ1) is 9.54. The van der Waals surface area contributed by atoms with Crippen molar-refractivity contribution < 1.29 is 8.42 Å². The first-order valence-corrected chi connectivity index (χ1v) is 10.0. The van der Waals surface area contributed by atoms with Gasteiger partial charge in [-0.3, -0.25) is 4.90 Å². The zero-order chi connectivity index (χ0) is 14.2. The molecule has 0 radical (unpaired) electrons. The molecule has 1 saturated heterocycles. The molecule has 1 atom stereocenters. The smallest absolute Gasteiger partial charge is 0.164 e. The summed E-state index contributed by atoms with van der Waals surface area (Å²) in [7, 11) is -3.02. The SMILES string of the molecule is CS(=O)(=O)C1CSCCN1Cc1ccc2c(c1)NCC2. The molecule has 1 aromatic carbocycles. The Morgan fingerprint density at radius 3 is 3.10 bits per heavy atom. The van der Waals surface area contributed by atoms with Crippen LogP contribution in [-0.2, 0) is 22.8 Å². The van der Waals surface area contributed by atoms with Crippen LogP contribution in [0, 0.1) is 0 Å². The van der Waals surface area contributed by atoms with E-state index in [1.165, 1.54) is 23.1 Å². The Morgan fingerprint density at radius 2 is 2.30 bits per heavy atom. The van der Waals surface area contributed by atoms with Crippen LogP contribution in [0.5, 0.6) is 0 Å². The van der Waals surface area contributed by atoms with Crippen molar-refractivity contribution in [1.82, 2.24) is 4.90 Å². The summed E-state index contributed by atoms with van der Waals surface area (Å²) in [6.07, 6.45) is 2.43. The molecule has 0 bridgehead atoms. The number of thioether (sulfide) groups is 1. The number of nitrogens with one attached hydrogen (secondary N) is 1. The van der Waals surface area contributed by atoms with E-state index in [2.05, 4.69) is 28.4 Å². The molecule has 20 heavy (non-hydrogen) atoms. The summed E-state index contributed by atoms with van der Waals surface area (Å²) in [4.78, 5) is 2.10. The lowest BCUT2D eigenvalue weighted by Gasteiger charge is -2.34. The number of anilines is 1.